The molecule has 4 nitrogen and oxygen atoms in total. The van der Waals surface area contributed by atoms with Crippen molar-refractivity contribution in [2.75, 3.05) is 26.7 Å². The van der Waals surface area contributed by atoms with Crippen molar-refractivity contribution < 1.29 is 9.53 Å². The number of benzene rings is 1. The molecule has 3 rings (SSSR count). The van der Waals surface area contributed by atoms with Crippen LogP contribution in [0.1, 0.15) is 38.2 Å². The summed E-state index contributed by atoms with van der Waals surface area (Å²) in [5, 5.41) is 0. The number of amides is 1. The van der Waals surface area contributed by atoms with Gasteiger partial charge in [0, 0.05) is 18.6 Å². The van der Waals surface area contributed by atoms with Gasteiger partial charge in [-0.1, -0.05) is 37.3 Å². The predicted molar refractivity (Wildman–Crippen MR) is 95.6 cm³/mol. The van der Waals surface area contributed by atoms with Crippen LogP contribution in [0.5, 0.6) is 0 Å². The molecule has 1 aromatic carbocycles. The Kier molecular flexibility index (Phi) is 5.90. The van der Waals surface area contributed by atoms with Crippen LogP contribution in [-0.4, -0.2) is 54.5 Å². The molecule has 0 aromatic heterocycles. The van der Waals surface area contributed by atoms with E-state index < -0.39 is 0 Å². The van der Waals surface area contributed by atoms with Gasteiger partial charge in [-0.3, -0.25) is 4.79 Å². The average molecular weight is 330 g/mol. The Hall–Kier alpha value is -1.39. The highest BCUT2D eigenvalue weighted by molar-refractivity contribution is 5.79. The third-order valence-electron chi connectivity index (χ3n) is 5.50. The number of carbonyl (C=O) groups excluding carboxylic acids is 1. The quantitative estimate of drug-likeness (QED) is 0.804. The van der Waals surface area contributed by atoms with Crippen molar-refractivity contribution in [1.29, 1.82) is 0 Å². The van der Waals surface area contributed by atoms with E-state index in [1.54, 1.807) is 0 Å². The lowest BCUT2D eigenvalue weighted by Crippen LogP contribution is -2.49. The summed E-state index contributed by atoms with van der Waals surface area (Å²) in [5.74, 6) is 0.201. The van der Waals surface area contributed by atoms with Crippen molar-refractivity contribution in [2.24, 2.45) is 5.92 Å². The van der Waals surface area contributed by atoms with E-state index in [-0.39, 0.29) is 11.8 Å². The third-order valence-corrected chi connectivity index (χ3v) is 5.50. The molecular formula is C20H30N2O2. The van der Waals surface area contributed by atoms with Crippen molar-refractivity contribution in [1.82, 2.24) is 9.80 Å². The van der Waals surface area contributed by atoms with Gasteiger partial charge in [-0.2, -0.15) is 0 Å². The number of hydrogen-bond acceptors (Lipinski definition) is 3. The molecule has 0 unspecified atom stereocenters. The normalized spacial score (nSPS) is 26.0. The first kappa shape index (κ1) is 17.4. The molecular weight excluding hydrogens is 300 g/mol. The summed E-state index contributed by atoms with van der Waals surface area (Å²) in [6, 6.07) is 11.1. The standard InChI is InChI=1S/C20H30N2O2/c1-16(14-24-15-17-8-4-3-5-9-17)20(23)22-13-7-11-19(22)18-10-6-12-21(18)2/h3-5,8-9,16,18-19H,6-7,10-15H2,1-2H3/t16-,18-,19-/m1/s1. The summed E-state index contributed by atoms with van der Waals surface area (Å²) < 4.78 is 5.79. The Labute approximate surface area is 145 Å². The van der Waals surface area contributed by atoms with Gasteiger partial charge in [0.05, 0.1) is 19.1 Å². The van der Waals surface area contributed by atoms with Gasteiger partial charge < -0.3 is 14.5 Å². The van der Waals surface area contributed by atoms with Crippen LogP contribution in [0.2, 0.25) is 0 Å². The molecule has 2 aliphatic rings. The monoisotopic (exact) mass is 330 g/mol. The minimum absolute atomic E-state index is 0.0685. The summed E-state index contributed by atoms with van der Waals surface area (Å²) in [4.78, 5) is 17.5. The molecule has 0 radical (unpaired) electrons. The first-order valence-corrected chi connectivity index (χ1v) is 9.29. The fourth-order valence-electron chi connectivity index (χ4n) is 4.17. The summed E-state index contributed by atoms with van der Waals surface area (Å²) in [7, 11) is 2.20. The summed E-state index contributed by atoms with van der Waals surface area (Å²) in [5.41, 5.74) is 1.16. The number of likely N-dealkylation sites (N-methyl/N-ethyl adjacent to an activating group) is 1. The van der Waals surface area contributed by atoms with E-state index in [2.05, 4.69) is 29.0 Å². The minimum atomic E-state index is -0.0685. The zero-order valence-electron chi connectivity index (χ0n) is 15.0. The van der Waals surface area contributed by atoms with E-state index in [0.29, 0.717) is 25.3 Å². The SMILES string of the molecule is C[C@H](COCc1ccccc1)C(=O)N1CCC[C@@H]1[C@H]1CCCN1C. The molecule has 3 atom stereocenters. The molecule has 1 amide bonds. The molecule has 0 N–H and O–H groups in total. The van der Waals surface area contributed by atoms with Crippen LogP contribution in [-0.2, 0) is 16.1 Å². The Balaban J connectivity index is 1.50. The highest BCUT2D eigenvalue weighted by atomic mass is 16.5. The van der Waals surface area contributed by atoms with Crippen LogP contribution in [0.25, 0.3) is 0 Å². The van der Waals surface area contributed by atoms with E-state index >= 15 is 0 Å². The molecule has 24 heavy (non-hydrogen) atoms. The van der Waals surface area contributed by atoms with Crippen molar-refractivity contribution in [3.63, 3.8) is 0 Å². The van der Waals surface area contributed by atoms with E-state index in [4.69, 9.17) is 4.74 Å². The van der Waals surface area contributed by atoms with Crippen LogP contribution in [0.4, 0.5) is 0 Å². The van der Waals surface area contributed by atoms with Crippen LogP contribution in [0.3, 0.4) is 0 Å². The lowest BCUT2D eigenvalue weighted by atomic mass is 10.0. The van der Waals surface area contributed by atoms with Crippen LogP contribution < -0.4 is 0 Å². The molecule has 0 bridgehead atoms. The molecule has 2 saturated heterocycles. The Morgan fingerprint density at radius 2 is 1.88 bits per heavy atom. The van der Waals surface area contributed by atoms with Gasteiger partial charge in [-0.05, 0) is 44.8 Å². The van der Waals surface area contributed by atoms with Crippen molar-refractivity contribution in [2.45, 2.75) is 51.3 Å². The van der Waals surface area contributed by atoms with E-state index in [1.165, 1.54) is 19.4 Å². The number of likely N-dealkylation sites (tertiary alicyclic amines) is 2. The predicted octanol–water partition coefficient (Wildman–Crippen LogP) is 2.92. The van der Waals surface area contributed by atoms with Gasteiger partial charge in [0.1, 0.15) is 0 Å². The maximum Gasteiger partial charge on any atom is 0.228 e. The molecule has 2 heterocycles. The van der Waals surface area contributed by atoms with Crippen LogP contribution in [0.15, 0.2) is 30.3 Å². The van der Waals surface area contributed by atoms with Gasteiger partial charge in [-0.25, -0.2) is 0 Å². The maximum absolute atomic E-state index is 12.9. The summed E-state index contributed by atoms with van der Waals surface area (Å²) >= 11 is 0. The topological polar surface area (TPSA) is 32.8 Å². The van der Waals surface area contributed by atoms with Gasteiger partial charge in [0.25, 0.3) is 0 Å². The largest absolute Gasteiger partial charge is 0.376 e. The highest BCUT2D eigenvalue weighted by Crippen LogP contribution is 2.30. The first-order chi connectivity index (χ1) is 11.7. The Morgan fingerprint density at radius 1 is 1.17 bits per heavy atom. The average Bonchev–Trinajstić information content (AvgIpc) is 3.23. The van der Waals surface area contributed by atoms with Gasteiger partial charge in [-0.15, -0.1) is 0 Å². The van der Waals surface area contributed by atoms with Crippen molar-refractivity contribution >= 4 is 5.91 Å². The molecule has 0 saturated carbocycles. The number of carbonyl (C=O) groups is 1. The molecule has 0 spiro atoms. The number of rotatable bonds is 6. The summed E-state index contributed by atoms with van der Waals surface area (Å²) in [6.45, 7) is 5.15. The number of ether oxygens (including phenoxy) is 1. The number of nitrogens with zero attached hydrogens (tertiary/aromatic N) is 2. The van der Waals surface area contributed by atoms with Gasteiger partial charge in [0.2, 0.25) is 5.91 Å². The third kappa shape index (κ3) is 3.98. The second kappa shape index (κ2) is 8.13. The molecule has 1 aromatic rings. The molecule has 2 fully saturated rings. The molecule has 4 heteroatoms. The Bertz CT molecular complexity index is 534. The zero-order valence-corrected chi connectivity index (χ0v) is 15.0. The molecule has 132 valence electrons. The highest BCUT2D eigenvalue weighted by Gasteiger charge is 2.39. The zero-order chi connectivity index (χ0) is 16.9. The molecule has 0 aliphatic carbocycles. The summed E-state index contributed by atoms with van der Waals surface area (Å²) in [6.07, 6.45) is 4.77. The van der Waals surface area contributed by atoms with Crippen molar-refractivity contribution in [3.8, 4) is 0 Å². The lowest BCUT2D eigenvalue weighted by Gasteiger charge is -2.34. The van der Waals surface area contributed by atoms with E-state index in [1.807, 2.05) is 25.1 Å². The molecule has 2 aliphatic heterocycles. The van der Waals surface area contributed by atoms with Crippen molar-refractivity contribution in [3.05, 3.63) is 35.9 Å². The first-order valence-electron chi connectivity index (χ1n) is 9.29. The fourth-order valence-corrected chi connectivity index (χ4v) is 4.17. The second-order valence-corrected chi connectivity index (χ2v) is 7.33. The van der Waals surface area contributed by atoms with E-state index in [0.717, 1.165) is 24.9 Å². The minimum Gasteiger partial charge on any atom is -0.376 e. The van der Waals surface area contributed by atoms with E-state index in [9.17, 15) is 4.79 Å². The maximum atomic E-state index is 12.9. The number of hydrogen-bond donors (Lipinski definition) is 0. The smallest absolute Gasteiger partial charge is 0.228 e. The fraction of sp³-hybridized carbons (Fsp3) is 0.650. The lowest BCUT2D eigenvalue weighted by molar-refractivity contribution is -0.139. The van der Waals surface area contributed by atoms with Gasteiger partial charge in [0.15, 0.2) is 0 Å². The second-order valence-electron chi connectivity index (χ2n) is 7.33. The Morgan fingerprint density at radius 3 is 2.58 bits per heavy atom. The van der Waals surface area contributed by atoms with Crippen LogP contribution >= 0.6 is 0 Å². The van der Waals surface area contributed by atoms with Gasteiger partial charge >= 0.3 is 0 Å². The van der Waals surface area contributed by atoms with Crippen LogP contribution in [0, 0.1) is 5.92 Å².